The van der Waals surface area contributed by atoms with E-state index in [4.69, 9.17) is 0 Å². The Morgan fingerprint density at radius 3 is 2.36 bits per heavy atom. The predicted octanol–water partition coefficient (Wildman–Crippen LogP) is 1.85. The largest absolute Gasteiger partial charge is 0.385 e. The highest BCUT2D eigenvalue weighted by atomic mass is 31.2. The highest BCUT2D eigenvalue weighted by molar-refractivity contribution is 7.61. The topological polar surface area (TPSA) is 55.8 Å². The molecule has 0 spiro atoms. The van der Waals surface area contributed by atoms with E-state index in [-0.39, 0.29) is 11.4 Å². The van der Waals surface area contributed by atoms with E-state index in [0.29, 0.717) is 0 Å². The molecule has 0 aliphatic heterocycles. The zero-order valence-corrected chi connectivity index (χ0v) is 8.98. The van der Waals surface area contributed by atoms with Gasteiger partial charge in [-0.2, -0.15) is 0 Å². The number of hydrogen-bond donors (Lipinski definition) is 1. The average Bonchev–Trinajstić information content (AvgIpc) is 2.16. The fourth-order valence-corrected chi connectivity index (χ4v) is 1.73. The van der Waals surface area contributed by atoms with Gasteiger partial charge in [0, 0.05) is 0 Å². The lowest BCUT2D eigenvalue weighted by Crippen LogP contribution is -2.09. The van der Waals surface area contributed by atoms with E-state index < -0.39 is 7.60 Å². The summed E-state index contributed by atoms with van der Waals surface area (Å²) < 4.78 is 16.0. The molecule has 4 nitrogen and oxygen atoms in total. The first-order valence-electron chi connectivity index (χ1n) is 4.26. The third-order valence-electron chi connectivity index (χ3n) is 1.42. The van der Waals surface area contributed by atoms with Crippen LogP contribution in [0.3, 0.4) is 0 Å². The number of rotatable bonds is 4. The van der Waals surface area contributed by atoms with E-state index in [0.717, 1.165) is 0 Å². The Labute approximate surface area is 82.9 Å². The molecule has 1 N–H and O–H groups in total. The van der Waals surface area contributed by atoms with Crippen molar-refractivity contribution in [3.8, 4) is 0 Å². The van der Waals surface area contributed by atoms with Crippen LogP contribution in [-0.2, 0) is 14.1 Å². The molecular formula is C9H13O4P. The van der Waals surface area contributed by atoms with Crippen molar-refractivity contribution >= 4 is 12.9 Å². The Bertz CT molecular complexity index is 323. The zero-order valence-electron chi connectivity index (χ0n) is 8.08. The van der Waals surface area contributed by atoms with Crippen LogP contribution in [0.2, 0.25) is 0 Å². The zero-order chi connectivity index (χ0) is 10.6. The molecule has 1 unspecified atom stereocenters. The van der Waals surface area contributed by atoms with Crippen LogP contribution in [-0.4, -0.2) is 11.0 Å². The average molecular weight is 216 g/mol. The maximum atomic E-state index is 11.5. The van der Waals surface area contributed by atoms with Gasteiger partial charge in [0.15, 0.2) is 0 Å². The predicted molar refractivity (Wildman–Crippen MR) is 53.2 cm³/mol. The van der Waals surface area contributed by atoms with Gasteiger partial charge in [0.05, 0.1) is 11.4 Å². The van der Waals surface area contributed by atoms with Crippen molar-refractivity contribution < 1.29 is 19.0 Å². The third-order valence-corrected chi connectivity index (χ3v) is 2.66. The fourth-order valence-electron chi connectivity index (χ4n) is 0.804. The highest BCUT2D eigenvalue weighted by Gasteiger charge is 2.24. The maximum Gasteiger partial charge on any atom is 0.385 e. The Kier molecular flexibility index (Phi) is 3.84. The summed E-state index contributed by atoms with van der Waals surface area (Å²) in [5.41, 5.74) is 0. The molecule has 1 atom stereocenters. The molecule has 0 bridgehead atoms. The van der Waals surface area contributed by atoms with Gasteiger partial charge in [-0.3, -0.25) is 4.57 Å². The molecule has 78 valence electrons. The molecule has 0 aliphatic carbocycles. The molecule has 14 heavy (non-hydrogen) atoms. The summed E-state index contributed by atoms with van der Waals surface area (Å²) in [4.78, 5) is 14.1. The van der Waals surface area contributed by atoms with Crippen LogP contribution in [0.25, 0.3) is 0 Å². The molecular weight excluding hydrogens is 203 g/mol. The molecule has 1 rings (SSSR count). The smallest absolute Gasteiger partial charge is 0.319 e. The molecule has 0 aliphatic rings. The van der Waals surface area contributed by atoms with Crippen molar-refractivity contribution in [2.24, 2.45) is 0 Å². The first-order valence-corrected chi connectivity index (χ1v) is 5.83. The van der Waals surface area contributed by atoms with Gasteiger partial charge in [-0.05, 0) is 26.0 Å². The van der Waals surface area contributed by atoms with Gasteiger partial charge in [-0.1, -0.05) is 18.2 Å². The molecule has 0 fully saturated rings. The summed E-state index contributed by atoms with van der Waals surface area (Å²) in [5.74, 6) is 0. The van der Waals surface area contributed by atoms with Crippen molar-refractivity contribution in [2.45, 2.75) is 20.0 Å². The summed E-state index contributed by atoms with van der Waals surface area (Å²) in [6.45, 7) is 3.43. The first-order chi connectivity index (χ1) is 6.52. The minimum atomic E-state index is -3.82. The summed E-state index contributed by atoms with van der Waals surface area (Å²) in [5, 5.41) is 0.223. The standard InChI is InChI=1S/C9H13O4P/c1-8(2)12-13-14(10,11)9-6-4-3-5-7-9/h3-8H,1-2H3,(H,10,11). The van der Waals surface area contributed by atoms with Crippen LogP contribution in [0.15, 0.2) is 30.3 Å². The van der Waals surface area contributed by atoms with Crippen molar-refractivity contribution in [1.29, 1.82) is 0 Å². The summed E-state index contributed by atoms with van der Waals surface area (Å²) in [7, 11) is -3.82. The van der Waals surface area contributed by atoms with Crippen molar-refractivity contribution in [2.75, 3.05) is 0 Å². The number of benzene rings is 1. The van der Waals surface area contributed by atoms with Crippen molar-refractivity contribution in [3.63, 3.8) is 0 Å². The van der Waals surface area contributed by atoms with Gasteiger partial charge < -0.3 is 4.89 Å². The van der Waals surface area contributed by atoms with E-state index >= 15 is 0 Å². The number of hydrogen-bond acceptors (Lipinski definition) is 3. The minimum absolute atomic E-state index is 0.223. The molecule has 5 heteroatoms. The molecule has 1 aromatic rings. The second-order valence-corrected chi connectivity index (χ2v) is 4.78. The lowest BCUT2D eigenvalue weighted by Gasteiger charge is -2.12. The first kappa shape index (κ1) is 11.4. The highest BCUT2D eigenvalue weighted by Crippen LogP contribution is 2.40. The van der Waals surface area contributed by atoms with E-state index in [2.05, 4.69) is 9.56 Å². The van der Waals surface area contributed by atoms with Gasteiger partial charge in [0.25, 0.3) is 0 Å². The van der Waals surface area contributed by atoms with Crippen molar-refractivity contribution in [1.82, 2.24) is 0 Å². The second-order valence-electron chi connectivity index (χ2n) is 3.08. The van der Waals surface area contributed by atoms with E-state index in [1.54, 1.807) is 32.0 Å². The van der Waals surface area contributed by atoms with Gasteiger partial charge in [-0.25, -0.2) is 4.89 Å². The molecule has 0 radical (unpaired) electrons. The van der Waals surface area contributed by atoms with Crippen LogP contribution in [0, 0.1) is 0 Å². The van der Waals surface area contributed by atoms with Gasteiger partial charge in [0.2, 0.25) is 0 Å². The summed E-state index contributed by atoms with van der Waals surface area (Å²) in [6, 6.07) is 8.12. The molecule has 0 saturated heterocycles. The third kappa shape index (κ3) is 3.24. The Balaban J connectivity index is 2.71. The van der Waals surface area contributed by atoms with Gasteiger partial charge in [-0.15, -0.1) is 4.67 Å². The molecule has 1 aromatic carbocycles. The molecule has 0 heterocycles. The Morgan fingerprint density at radius 2 is 1.86 bits per heavy atom. The van der Waals surface area contributed by atoms with Gasteiger partial charge in [0.1, 0.15) is 0 Å². The monoisotopic (exact) mass is 216 g/mol. The van der Waals surface area contributed by atoms with E-state index in [1.807, 2.05) is 0 Å². The normalized spacial score (nSPS) is 15.4. The lowest BCUT2D eigenvalue weighted by atomic mass is 10.4. The summed E-state index contributed by atoms with van der Waals surface area (Å²) >= 11 is 0. The Hall–Kier alpha value is -0.670. The molecule has 0 aromatic heterocycles. The van der Waals surface area contributed by atoms with Crippen LogP contribution in [0.1, 0.15) is 13.8 Å². The van der Waals surface area contributed by atoms with Gasteiger partial charge >= 0.3 is 7.60 Å². The fraction of sp³-hybridized carbons (Fsp3) is 0.333. The SMILES string of the molecule is CC(C)OOP(=O)(O)c1ccccc1. The quantitative estimate of drug-likeness (QED) is 0.474. The van der Waals surface area contributed by atoms with E-state index in [9.17, 15) is 9.46 Å². The second kappa shape index (κ2) is 4.71. The maximum absolute atomic E-state index is 11.5. The van der Waals surface area contributed by atoms with Crippen LogP contribution < -0.4 is 5.30 Å². The van der Waals surface area contributed by atoms with E-state index in [1.165, 1.54) is 12.1 Å². The molecule has 0 saturated carbocycles. The summed E-state index contributed by atoms with van der Waals surface area (Å²) in [6.07, 6.45) is -0.251. The minimum Gasteiger partial charge on any atom is -0.319 e. The Morgan fingerprint density at radius 1 is 1.29 bits per heavy atom. The van der Waals surface area contributed by atoms with Crippen LogP contribution in [0.5, 0.6) is 0 Å². The van der Waals surface area contributed by atoms with Crippen molar-refractivity contribution in [3.05, 3.63) is 30.3 Å². The lowest BCUT2D eigenvalue weighted by molar-refractivity contribution is -0.238. The molecule has 0 amide bonds. The van der Waals surface area contributed by atoms with Crippen LogP contribution >= 0.6 is 7.60 Å². The van der Waals surface area contributed by atoms with Crippen LogP contribution in [0.4, 0.5) is 0 Å².